The van der Waals surface area contributed by atoms with Gasteiger partial charge in [-0.25, -0.2) is 0 Å². The second-order valence-corrected chi connectivity index (χ2v) is 4.30. The Kier molecular flexibility index (Phi) is 4.33. The van der Waals surface area contributed by atoms with Gasteiger partial charge in [-0.2, -0.15) is 0 Å². The number of carbonyl (C=O) groups is 2. The van der Waals surface area contributed by atoms with Gasteiger partial charge in [-0.15, -0.1) is 0 Å². The quantitative estimate of drug-likeness (QED) is 0.446. The van der Waals surface area contributed by atoms with Gasteiger partial charge in [0.05, 0.1) is 10.5 Å². The van der Waals surface area contributed by atoms with E-state index in [1.54, 1.807) is 18.2 Å². The summed E-state index contributed by atoms with van der Waals surface area (Å²) >= 11 is 0. The zero-order valence-corrected chi connectivity index (χ0v) is 11.3. The predicted molar refractivity (Wildman–Crippen MR) is 78.9 cm³/mol. The molecule has 0 atom stereocenters. The van der Waals surface area contributed by atoms with Crippen molar-refractivity contribution < 1.29 is 14.5 Å². The third-order valence-corrected chi connectivity index (χ3v) is 2.84. The normalized spacial score (nSPS) is 9.82. The minimum atomic E-state index is -0.599. The number of nitro benzene ring substituents is 1. The van der Waals surface area contributed by atoms with Crippen LogP contribution in [-0.4, -0.2) is 16.7 Å². The maximum atomic E-state index is 11.8. The third-order valence-electron chi connectivity index (χ3n) is 2.84. The van der Waals surface area contributed by atoms with Crippen molar-refractivity contribution >= 4 is 23.2 Å². The predicted octanol–water partition coefficient (Wildman–Crippen LogP) is 1.25. The molecule has 0 aliphatic rings. The summed E-state index contributed by atoms with van der Waals surface area (Å²) in [5.74, 6) is -1.16. The van der Waals surface area contributed by atoms with Crippen molar-refractivity contribution in [1.29, 1.82) is 0 Å². The van der Waals surface area contributed by atoms with Crippen LogP contribution in [0, 0.1) is 10.1 Å². The number of nitrogens with two attached hydrogens (primary N) is 1. The first-order chi connectivity index (χ1) is 10.5. The van der Waals surface area contributed by atoms with Gasteiger partial charge in [-0.05, 0) is 24.3 Å². The van der Waals surface area contributed by atoms with Crippen LogP contribution < -0.4 is 16.6 Å². The average molecular weight is 300 g/mol. The maximum absolute atomic E-state index is 11.8. The van der Waals surface area contributed by atoms with Crippen molar-refractivity contribution in [1.82, 2.24) is 10.9 Å². The second kappa shape index (κ2) is 6.35. The van der Waals surface area contributed by atoms with Gasteiger partial charge in [0.2, 0.25) is 0 Å². The largest absolute Gasteiger partial charge is 0.398 e. The van der Waals surface area contributed by atoms with Gasteiger partial charge in [0, 0.05) is 23.4 Å². The summed E-state index contributed by atoms with van der Waals surface area (Å²) < 4.78 is 0. The summed E-state index contributed by atoms with van der Waals surface area (Å²) in [6, 6.07) is 11.4. The summed E-state index contributed by atoms with van der Waals surface area (Å²) in [5, 5.41) is 10.5. The minimum absolute atomic E-state index is 0.127. The molecule has 8 heteroatoms. The van der Waals surface area contributed by atoms with Crippen LogP contribution in [0.1, 0.15) is 20.7 Å². The van der Waals surface area contributed by atoms with E-state index < -0.39 is 16.7 Å². The average Bonchev–Trinajstić information content (AvgIpc) is 2.52. The summed E-state index contributed by atoms with van der Waals surface area (Å²) in [5.41, 5.74) is 10.6. The number of anilines is 1. The fraction of sp³-hybridized carbons (Fsp3) is 0. The maximum Gasteiger partial charge on any atom is 0.271 e. The number of non-ortho nitro benzene ring substituents is 1. The standard InChI is InChI=1S/C14H12N4O4/c15-12-4-2-1-3-11(12)14(20)17-16-13(19)9-5-7-10(8-6-9)18(21)22/h1-8H,15H2,(H,16,19)(H,17,20). The Balaban J connectivity index is 1.99. The van der Waals surface area contributed by atoms with E-state index in [0.717, 1.165) is 0 Å². The van der Waals surface area contributed by atoms with Crippen molar-refractivity contribution in [3.63, 3.8) is 0 Å². The molecule has 0 spiro atoms. The van der Waals surface area contributed by atoms with Gasteiger partial charge in [0.15, 0.2) is 0 Å². The van der Waals surface area contributed by atoms with Crippen molar-refractivity contribution in [2.75, 3.05) is 5.73 Å². The van der Waals surface area contributed by atoms with E-state index in [4.69, 9.17) is 5.73 Å². The van der Waals surface area contributed by atoms with Gasteiger partial charge >= 0.3 is 0 Å². The molecule has 2 aromatic carbocycles. The van der Waals surface area contributed by atoms with E-state index in [9.17, 15) is 19.7 Å². The number of benzene rings is 2. The fourth-order valence-corrected chi connectivity index (χ4v) is 1.69. The molecule has 22 heavy (non-hydrogen) atoms. The van der Waals surface area contributed by atoms with Gasteiger partial charge in [0.1, 0.15) is 0 Å². The smallest absolute Gasteiger partial charge is 0.271 e. The molecule has 2 rings (SSSR count). The molecule has 112 valence electrons. The van der Waals surface area contributed by atoms with Crippen LogP contribution in [0.2, 0.25) is 0 Å². The number of nitro groups is 1. The molecular formula is C14H12N4O4. The molecule has 0 saturated heterocycles. The van der Waals surface area contributed by atoms with E-state index in [-0.39, 0.29) is 22.5 Å². The Hall–Kier alpha value is -3.42. The first-order valence-electron chi connectivity index (χ1n) is 6.18. The van der Waals surface area contributed by atoms with Gasteiger partial charge in [0.25, 0.3) is 17.5 Å². The summed E-state index contributed by atoms with van der Waals surface area (Å²) in [6.45, 7) is 0. The molecule has 8 nitrogen and oxygen atoms in total. The first kappa shape index (κ1) is 15.0. The van der Waals surface area contributed by atoms with Gasteiger partial charge < -0.3 is 5.73 Å². The van der Waals surface area contributed by atoms with Crippen LogP contribution in [0.25, 0.3) is 0 Å². The van der Waals surface area contributed by atoms with Crippen LogP contribution in [0.3, 0.4) is 0 Å². The van der Waals surface area contributed by atoms with E-state index in [2.05, 4.69) is 10.9 Å². The van der Waals surface area contributed by atoms with E-state index in [1.165, 1.54) is 30.3 Å². The number of para-hydroxylation sites is 1. The lowest BCUT2D eigenvalue weighted by Gasteiger charge is -2.08. The zero-order chi connectivity index (χ0) is 16.1. The van der Waals surface area contributed by atoms with E-state index in [1.807, 2.05) is 0 Å². The van der Waals surface area contributed by atoms with Crippen molar-refractivity contribution in [2.45, 2.75) is 0 Å². The molecule has 0 fully saturated rings. The van der Waals surface area contributed by atoms with Crippen LogP contribution in [-0.2, 0) is 0 Å². The number of hydrazine groups is 1. The topological polar surface area (TPSA) is 127 Å². The van der Waals surface area contributed by atoms with Gasteiger partial charge in [-0.3, -0.25) is 30.6 Å². The van der Waals surface area contributed by atoms with Crippen molar-refractivity contribution in [3.05, 3.63) is 69.8 Å². The summed E-state index contributed by atoms with van der Waals surface area (Å²) in [7, 11) is 0. The fourth-order valence-electron chi connectivity index (χ4n) is 1.69. The Morgan fingerprint density at radius 2 is 1.55 bits per heavy atom. The Bertz CT molecular complexity index is 728. The van der Waals surface area contributed by atoms with Crippen LogP contribution in [0.4, 0.5) is 11.4 Å². The molecule has 0 bridgehead atoms. The number of amides is 2. The summed E-state index contributed by atoms with van der Waals surface area (Å²) in [6.07, 6.45) is 0. The number of nitrogens with zero attached hydrogens (tertiary/aromatic N) is 1. The molecule has 4 N–H and O–H groups in total. The number of carbonyl (C=O) groups excluding carboxylic acids is 2. The highest BCUT2D eigenvalue weighted by molar-refractivity contribution is 6.01. The molecule has 2 amide bonds. The molecule has 2 aromatic rings. The molecule has 0 radical (unpaired) electrons. The third kappa shape index (κ3) is 3.37. The first-order valence-corrected chi connectivity index (χ1v) is 6.18. The van der Waals surface area contributed by atoms with E-state index >= 15 is 0 Å². The molecular weight excluding hydrogens is 288 g/mol. The highest BCUT2D eigenvalue weighted by Gasteiger charge is 2.12. The Labute approximate surface area is 125 Å². The molecule has 0 saturated carbocycles. The van der Waals surface area contributed by atoms with Crippen molar-refractivity contribution in [2.24, 2.45) is 0 Å². The zero-order valence-electron chi connectivity index (χ0n) is 11.3. The lowest BCUT2D eigenvalue weighted by molar-refractivity contribution is -0.384. The number of hydrogen-bond donors (Lipinski definition) is 3. The number of nitrogen functional groups attached to an aromatic ring is 1. The molecule has 0 aliphatic carbocycles. The Morgan fingerprint density at radius 3 is 2.14 bits per heavy atom. The minimum Gasteiger partial charge on any atom is -0.398 e. The lowest BCUT2D eigenvalue weighted by Crippen LogP contribution is -2.41. The Morgan fingerprint density at radius 1 is 0.955 bits per heavy atom. The lowest BCUT2D eigenvalue weighted by atomic mass is 10.2. The number of nitrogens with one attached hydrogen (secondary N) is 2. The molecule has 0 unspecified atom stereocenters. The highest BCUT2D eigenvalue weighted by Crippen LogP contribution is 2.12. The SMILES string of the molecule is Nc1ccccc1C(=O)NNC(=O)c1ccc([N+](=O)[O-])cc1. The summed E-state index contributed by atoms with van der Waals surface area (Å²) in [4.78, 5) is 33.6. The van der Waals surface area contributed by atoms with Crippen LogP contribution in [0.5, 0.6) is 0 Å². The molecule has 0 heterocycles. The van der Waals surface area contributed by atoms with Crippen LogP contribution >= 0.6 is 0 Å². The van der Waals surface area contributed by atoms with Gasteiger partial charge in [-0.1, -0.05) is 12.1 Å². The molecule has 0 aliphatic heterocycles. The monoisotopic (exact) mass is 300 g/mol. The molecule has 0 aromatic heterocycles. The number of hydrogen-bond acceptors (Lipinski definition) is 5. The van der Waals surface area contributed by atoms with E-state index in [0.29, 0.717) is 0 Å². The van der Waals surface area contributed by atoms with Crippen molar-refractivity contribution in [3.8, 4) is 0 Å². The highest BCUT2D eigenvalue weighted by atomic mass is 16.6. The second-order valence-electron chi connectivity index (χ2n) is 4.30. The number of rotatable bonds is 3. The van der Waals surface area contributed by atoms with Crippen LogP contribution in [0.15, 0.2) is 48.5 Å².